The fourth-order valence-corrected chi connectivity index (χ4v) is 3.69. The molecular weight excluding hydrogens is 386 g/mol. The zero-order chi connectivity index (χ0) is 22.8. The number of aliphatic carboxylic acids is 1. The zero-order valence-electron chi connectivity index (χ0n) is 19.4. The Balaban J connectivity index is 3.09. The lowest BCUT2D eigenvalue weighted by Crippen LogP contribution is -2.57. The van der Waals surface area contributed by atoms with Gasteiger partial charge in [0, 0.05) is 19.4 Å². The number of aliphatic hydroxyl groups is 1. The third-order valence-electron chi connectivity index (χ3n) is 5.18. The smallest absolute Gasteiger partial charge is 0.414 e. The molecule has 1 rings (SSSR count). The first-order valence-electron chi connectivity index (χ1n) is 11.3. The van der Waals surface area contributed by atoms with Crippen LogP contribution in [0.15, 0.2) is 4.99 Å². The number of carbonyl (C=O) groups is 2. The van der Waals surface area contributed by atoms with Crippen molar-refractivity contribution in [2.24, 2.45) is 4.99 Å². The minimum Gasteiger partial charge on any atom is -0.481 e. The standard InChI is InChI=1S/C22H41N3O5/c1-6-8-13-22(14-9-7-2)16-17(26)25(15-11-10-12-18(27)28)19(24-22)23-20(29)30-21(3,4)5/h17,26H,6-16H2,1-5H3,(H,27,28)(H,23,24,29). The van der Waals surface area contributed by atoms with Gasteiger partial charge < -0.3 is 19.8 Å². The highest BCUT2D eigenvalue weighted by molar-refractivity contribution is 5.94. The number of guanidine groups is 1. The van der Waals surface area contributed by atoms with Crippen LogP contribution in [0.25, 0.3) is 0 Å². The van der Waals surface area contributed by atoms with E-state index in [1.165, 1.54) is 0 Å². The van der Waals surface area contributed by atoms with Gasteiger partial charge >= 0.3 is 12.1 Å². The molecule has 1 atom stereocenters. The number of hydrogen-bond donors (Lipinski definition) is 3. The summed E-state index contributed by atoms with van der Waals surface area (Å²) >= 11 is 0. The molecule has 8 heteroatoms. The van der Waals surface area contributed by atoms with Crippen LogP contribution in [0.3, 0.4) is 0 Å². The van der Waals surface area contributed by atoms with Crippen molar-refractivity contribution in [1.29, 1.82) is 0 Å². The summed E-state index contributed by atoms with van der Waals surface area (Å²) in [6.07, 6.45) is 6.04. The van der Waals surface area contributed by atoms with E-state index in [0.29, 0.717) is 31.8 Å². The van der Waals surface area contributed by atoms with Crippen molar-refractivity contribution in [3.8, 4) is 0 Å². The fraction of sp³-hybridized carbons (Fsp3) is 0.864. The Labute approximate surface area is 181 Å². The van der Waals surface area contributed by atoms with Gasteiger partial charge in [0.15, 0.2) is 0 Å². The lowest BCUT2D eigenvalue weighted by atomic mass is 9.83. The maximum absolute atomic E-state index is 12.4. The number of unbranched alkanes of at least 4 members (excludes halogenated alkanes) is 3. The van der Waals surface area contributed by atoms with Gasteiger partial charge in [-0.15, -0.1) is 0 Å². The Morgan fingerprint density at radius 3 is 2.27 bits per heavy atom. The van der Waals surface area contributed by atoms with Gasteiger partial charge in [0.25, 0.3) is 0 Å². The van der Waals surface area contributed by atoms with Crippen molar-refractivity contribution in [2.45, 2.75) is 116 Å². The molecule has 8 nitrogen and oxygen atoms in total. The number of carboxylic acid groups (broad SMARTS) is 1. The van der Waals surface area contributed by atoms with Crippen molar-refractivity contribution in [2.75, 3.05) is 6.54 Å². The van der Waals surface area contributed by atoms with E-state index in [2.05, 4.69) is 19.2 Å². The van der Waals surface area contributed by atoms with Crippen molar-refractivity contribution in [3.05, 3.63) is 0 Å². The van der Waals surface area contributed by atoms with Gasteiger partial charge in [-0.2, -0.15) is 0 Å². The molecule has 30 heavy (non-hydrogen) atoms. The van der Waals surface area contributed by atoms with E-state index in [-0.39, 0.29) is 6.42 Å². The molecule has 0 bridgehead atoms. The van der Waals surface area contributed by atoms with Crippen molar-refractivity contribution < 1.29 is 24.5 Å². The Kier molecular flexibility index (Phi) is 10.6. The summed E-state index contributed by atoms with van der Waals surface area (Å²) in [5.74, 6) is -0.515. The Morgan fingerprint density at radius 2 is 1.77 bits per heavy atom. The van der Waals surface area contributed by atoms with E-state index >= 15 is 0 Å². The van der Waals surface area contributed by atoms with E-state index in [0.717, 1.165) is 38.5 Å². The molecule has 1 aliphatic rings. The summed E-state index contributed by atoms with van der Waals surface area (Å²) < 4.78 is 5.39. The van der Waals surface area contributed by atoms with E-state index in [4.69, 9.17) is 14.8 Å². The summed E-state index contributed by atoms with van der Waals surface area (Å²) in [5.41, 5.74) is -1.06. The van der Waals surface area contributed by atoms with E-state index < -0.39 is 29.4 Å². The predicted octanol–water partition coefficient (Wildman–Crippen LogP) is 4.27. The van der Waals surface area contributed by atoms with Gasteiger partial charge in [-0.1, -0.05) is 39.5 Å². The van der Waals surface area contributed by atoms with Crippen LogP contribution >= 0.6 is 0 Å². The van der Waals surface area contributed by atoms with E-state index in [1.54, 1.807) is 25.7 Å². The largest absolute Gasteiger partial charge is 0.481 e. The van der Waals surface area contributed by atoms with Crippen LogP contribution in [-0.2, 0) is 9.53 Å². The molecule has 174 valence electrons. The van der Waals surface area contributed by atoms with Crippen LogP contribution in [0, 0.1) is 0 Å². The monoisotopic (exact) mass is 427 g/mol. The van der Waals surface area contributed by atoms with Crippen molar-refractivity contribution >= 4 is 18.0 Å². The second-order valence-corrected chi connectivity index (χ2v) is 9.22. The van der Waals surface area contributed by atoms with E-state index in [1.807, 2.05) is 0 Å². The summed E-state index contributed by atoms with van der Waals surface area (Å²) in [6.45, 7) is 10.1. The molecule has 1 heterocycles. The molecule has 0 aromatic rings. The first kappa shape index (κ1) is 26.2. The van der Waals surface area contributed by atoms with Gasteiger partial charge in [0.05, 0.1) is 5.54 Å². The highest BCUT2D eigenvalue weighted by Gasteiger charge is 2.40. The number of amides is 1. The molecule has 1 aliphatic heterocycles. The zero-order valence-corrected chi connectivity index (χ0v) is 19.4. The second kappa shape index (κ2) is 12.1. The fourth-order valence-electron chi connectivity index (χ4n) is 3.69. The maximum atomic E-state index is 12.4. The van der Waals surface area contributed by atoms with Gasteiger partial charge in [0.1, 0.15) is 11.8 Å². The van der Waals surface area contributed by atoms with E-state index in [9.17, 15) is 14.7 Å². The van der Waals surface area contributed by atoms with Crippen LogP contribution in [-0.4, -0.2) is 57.0 Å². The van der Waals surface area contributed by atoms with Crippen LogP contribution < -0.4 is 5.32 Å². The number of nitrogens with one attached hydrogen (secondary N) is 1. The van der Waals surface area contributed by atoms with Crippen molar-refractivity contribution in [3.63, 3.8) is 0 Å². The minimum atomic E-state index is -0.840. The molecule has 1 unspecified atom stereocenters. The number of aliphatic imine (C=N–C) groups is 1. The van der Waals surface area contributed by atoms with Gasteiger partial charge in [-0.3, -0.25) is 10.1 Å². The van der Waals surface area contributed by atoms with Crippen LogP contribution in [0.5, 0.6) is 0 Å². The highest BCUT2D eigenvalue weighted by atomic mass is 16.6. The Hall–Kier alpha value is -1.83. The first-order chi connectivity index (χ1) is 14.0. The first-order valence-corrected chi connectivity index (χ1v) is 11.3. The third-order valence-corrected chi connectivity index (χ3v) is 5.18. The molecule has 0 aliphatic carbocycles. The normalized spacial score (nSPS) is 18.7. The number of carbonyl (C=O) groups excluding carboxylic acids is 1. The molecule has 0 aromatic heterocycles. The Morgan fingerprint density at radius 1 is 1.17 bits per heavy atom. The highest BCUT2D eigenvalue weighted by Crippen LogP contribution is 2.35. The van der Waals surface area contributed by atoms with Gasteiger partial charge in [-0.25, -0.2) is 9.79 Å². The molecule has 0 fully saturated rings. The predicted molar refractivity (Wildman–Crippen MR) is 117 cm³/mol. The molecule has 0 spiro atoms. The summed E-state index contributed by atoms with van der Waals surface area (Å²) in [4.78, 5) is 29.8. The minimum absolute atomic E-state index is 0.0762. The number of nitrogens with zero attached hydrogens (tertiary/aromatic N) is 2. The topological polar surface area (TPSA) is 111 Å². The number of alkyl carbamates (subject to hydrolysis) is 1. The number of rotatable bonds is 11. The maximum Gasteiger partial charge on any atom is 0.414 e. The molecule has 3 N–H and O–H groups in total. The SMILES string of the molecule is CCCCC1(CCCC)CC(O)N(CCCCC(=O)O)C(NC(=O)OC(C)(C)C)=N1. The second-order valence-electron chi connectivity index (χ2n) is 9.22. The molecule has 1 amide bonds. The number of hydrogen-bond acceptors (Lipinski definition) is 6. The quantitative estimate of drug-likeness (QED) is 0.425. The number of ether oxygens (including phenoxy) is 1. The van der Waals surface area contributed by atoms with Crippen LogP contribution in [0.4, 0.5) is 4.79 Å². The summed E-state index contributed by atoms with van der Waals surface area (Å²) in [5, 5.41) is 22.6. The van der Waals surface area contributed by atoms with Gasteiger partial charge in [0.2, 0.25) is 5.96 Å². The molecule has 0 saturated heterocycles. The van der Waals surface area contributed by atoms with Crippen LogP contribution in [0.1, 0.15) is 98.8 Å². The van der Waals surface area contributed by atoms with Crippen LogP contribution in [0.2, 0.25) is 0 Å². The van der Waals surface area contributed by atoms with Crippen molar-refractivity contribution in [1.82, 2.24) is 10.2 Å². The lowest BCUT2D eigenvalue weighted by molar-refractivity contribution is -0.137. The lowest BCUT2D eigenvalue weighted by Gasteiger charge is -2.43. The number of aliphatic hydroxyl groups excluding tert-OH is 1. The summed E-state index contributed by atoms with van der Waals surface area (Å²) in [7, 11) is 0. The number of carboxylic acids is 1. The Bertz CT molecular complexity index is 578. The molecule has 0 aromatic carbocycles. The summed E-state index contributed by atoms with van der Waals surface area (Å²) in [6, 6.07) is 0. The molecule has 0 saturated carbocycles. The third kappa shape index (κ3) is 9.32. The molecular formula is C22H41N3O5. The average molecular weight is 428 g/mol. The average Bonchev–Trinajstić information content (AvgIpc) is 2.61. The molecule has 0 radical (unpaired) electrons. The van der Waals surface area contributed by atoms with Gasteiger partial charge in [-0.05, 0) is 46.5 Å².